The van der Waals surface area contributed by atoms with Crippen LogP contribution in [0.3, 0.4) is 0 Å². The predicted octanol–water partition coefficient (Wildman–Crippen LogP) is 15.4. The highest BCUT2D eigenvalue weighted by molar-refractivity contribution is 5.71. The number of carbonyl (C=O) groups excluding carboxylic acids is 3. The van der Waals surface area contributed by atoms with Crippen molar-refractivity contribution < 1.29 is 28.6 Å². The van der Waals surface area contributed by atoms with Gasteiger partial charge in [0.05, 0.1) is 0 Å². The van der Waals surface area contributed by atoms with Crippen molar-refractivity contribution in [3.05, 3.63) is 0 Å². The molecule has 0 aliphatic heterocycles. The van der Waals surface area contributed by atoms with Crippen LogP contribution in [0.25, 0.3) is 0 Å². The normalized spacial score (nSPS) is 13.0. The van der Waals surface area contributed by atoms with Gasteiger partial charge in [0.15, 0.2) is 6.10 Å². The van der Waals surface area contributed by atoms with Gasteiger partial charge < -0.3 is 14.2 Å². The molecule has 0 aromatic carbocycles. The van der Waals surface area contributed by atoms with Crippen molar-refractivity contribution in [3.63, 3.8) is 0 Å². The number of hydrogen-bond acceptors (Lipinski definition) is 6. The summed E-state index contributed by atoms with van der Waals surface area (Å²) in [7, 11) is 0. The van der Waals surface area contributed by atoms with Crippen LogP contribution in [0.15, 0.2) is 0 Å². The van der Waals surface area contributed by atoms with Crippen LogP contribution in [0, 0.1) is 11.8 Å². The summed E-state index contributed by atoms with van der Waals surface area (Å²) in [6, 6.07) is 0. The van der Waals surface area contributed by atoms with Crippen LogP contribution < -0.4 is 0 Å². The number of unbranched alkanes of at least 4 members (excludes halogenated alkanes) is 26. The largest absolute Gasteiger partial charge is 0.462 e. The molecule has 2 unspecified atom stereocenters. The maximum absolute atomic E-state index is 12.7. The van der Waals surface area contributed by atoms with Crippen molar-refractivity contribution in [1.29, 1.82) is 0 Å². The van der Waals surface area contributed by atoms with E-state index >= 15 is 0 Å². The Bertz CT molecular complexity index is 843. The molecule has 0 aromatic heterocycles. The lowest BCUT2D eigenvalue weighted by Gasteiger charge is -2.18. The van der Waals surface area contributed by atoms with Crippen LogP contribution in [0.2, 0.25) is 0 Å². The van der Waals surface area contributed by atoms with Gasteiger partial charge in [-0.15, -0.1) is 0 Å². The van der Waals surface area contributed by atoms with Crippen molar-refractivity contribution in [2.75, 3.05) is 13.2 Å². The summed E-state index contributed by atoms with van der Waals surface area (Å²) in [4.78, 5) is 37.8. The van der Waals surface area contributed by atoms with E-state index in [2.05, 4.69) is 34.6 Å². The minimum atomic E-state index is -0.762. The highest BCUT2D eigenvalue weighted by Crippen LogP contribution is 2.18. The lowest BCUT2D eigenvalue weighted by atomic mass is 9.99. The molecule has 3 atom stereocenters. The maximum atomic E-state index is 12.7. The Hall–Kier alpha value is -1.59. The van der Waals surface area contributed by atoms with Crippen LogP contribution in [0.4, 0.5) is 0 Å². The van der Waals surface area contributed by atoms with Crippen molar-refractivity contribution in [3.8, 4) is 0 Å². The van der Waals surface area contributed by atoms with E-state index in [1.165, 1.54) is 154 Å². The number of carbonyl (C=O) groups is 3. The highest BCUT2D eigenvalue weighted by atomic mass is 16.6. The number of hydrogen-bond donors (Lipinski definition) is 0. The third-order valence-electron chi connectivity index (χ3n) is 11.7. The van der Waals surface area contributed by atoms with Gasteiger partial charge in [-0.3, -0.25) is 14.4 Å². The average Bonchev–Trinajstić information content (AvgIpc) is 3.18. The molecule has 0 radical (unpaired) electrons. The van der Waals surface area contributed by atoms with Crippen LogP contribution in [-0.4, -0.2) is 37.2 Å². The van der Waals surface area contributed by atoms with Crippen molar-refractivity contribution >= 4 is 17.9 Å². The summed E-state index contributed by atoms with van der Waals surface area (Å²) in [5, 5.41) is 0. The molecule has 0 aliphatic carbocycles. The highest BCUT2D eigenvalue weighted by Gasteiger charge is 2.19. The van der Waals surface area contributed by atoms with Crippen molar-refractivity contribution in [2.45, 2.75) is 272 Å². The Kier molecular flexibility index (Phi) is 40.8. The molecule has 326 valence electrons. The van der Waals surface area contributed by atoms with Gasteiger partial charge in [-0.2, -0.15) is 0 Å². The maximum Gasteiger partial charge on any atom is 0.306 e. The van der Waals surface area contributed by atoms with E-state index in [0.29, 0.717) is 19.3 Å². The molecule has 0 aromatic rings. The second-order valence-corrected chi connectivity index (χ2v) is 17.2. The molecule has 0 N–H and O–H groups in total. The first-order chi connectivity index (χ1) is 26.8. The van der Waals surface area contributed by atoms with Gasteiger partial charge >= 0.3 is 17.9 Å². The molecule has 0 spiro atoms. The Balaban J connectivity index is 4.31. The predicted molar refractivity (Wildman–Crippen MR) is 233 cm³/mol. The molecule has 6 heteroatoms. The fraction of sp³-hybridized carbons (Fsp3) is 0.939. The van der Waals surface area contributed by atoms with Crippen LogP contribution in [0.1, 0.15) is 266 Å². The van der Waals surface area contributed by atoms with E-state index in [0.717, 1.165) is 69.6 Å². The first kappa shape index (κ1) is 53.4. The molecule has 0 bridgehead atoms. The van der Waals surface area contributed by atoms with Crippen LogP contribution in [-0.2, 0) is 28.6 Å². The molecule has 0 fully saturated rings. The zero-order chi connectivity index (χ0) is 40.5. The van der Waals surface area contributed by atoms with Gasteiger partial charge in [-0.05, 0) is 31.1 Å². The summed E-state index contributed by atoms with van der Waals surface area (Å²) in [5.41, 5.74) is 0. The average molecular weight is 779 g/mol. The number of ether oxygens (including phenoxy) is 3. The van der Waals surface area contributed by atoms with Gasteiger partial charge in [0, 0.05) is 19.3 Å². The molecule has 0 rings (SSSR count). The fourth-order valence-corrected chi connectivity index (χ4v) is 7.22. The Morgan fingerprint density at radius 3 is 0.945 bits per heavy atom. The lowest BCUT2D eigenvalue weighted by molar-refractivity contribution is -0.167. The first-order valence-electron chi connectivity index (χ1n) is 24.3. The fourth-order valence-electron chi connectivity index (χ4n) is 7.22. The summed E-state index contributed by atoms with van der Waals surface area (Å²) in [6.45, 7) is 11.3. The van der Waals surface area contributed by atoms with Gasteiger partial charge in [0.2, 0.25) is 0 Å². The van der Waals surface area contributed by atoms with Crippen LogP contribution >= 0.6 is 0 Å². The summed E-state index contributed by atoms with van der Waals surface area (Å²) >= 11 is 0. The van der Waals surface area contributed by atoms with Crippen LogP contribution in [0.5, 0.6) is 0 Å². The van der Waals surface area contributed by atoms with E-state index in [-0.39, 0.29) is 31.1 Å². The third kappa shape index (κ3) is 40.4. The van der Waals surface area contributed by atoms with E-state index in [1.807, 2.05) is 0 Å². The van der Waals surface area contributed by atoms with Gasteiger partial charge in [-0.1, -0.05) is 227 Å². The zero-order valence-electron chi connectivity index (χ0n) is 37.6. The molecule has 55 heavy (non-hydrogen) atoms. The molecular formula is C49H94O6. The lowest BCUT2D eigenvalue weighted by Crippen LogP contribution is -2.30. The number of rotatable bonds is 43. The molecule has 0 saturated carbocycles. The molecular weight excluding hydrogens is 685 g/mol. The minimum Gasteiger partial charge on any atom is -0.462 e. The monoisotopic (exact) mass is 779 g/mol. The Morgan fingerprint density at radius 2 is 0.636 bits per heavy atom. The summed E-state index contributed by atoms with van der Waals surface area (Å²) in [6.07, 6.45) is 40.8. The van der Waals surface area contributed by atoms with Gasteiger partial charge in [0.25, 0.3) is 0 Å². The van der Waals surface area contributed by atoms with Crippen molar-refractivity contribution in [2.24, 2.45) is 11.8 Å². The topological polar surface area (TPSA) is 78.9 Å². The standard InChI is InChI=1S/C49H94O6/c1-6-9-10-11-12-13-14-15-16-17-18-19-23-29-34-39-47(50)53-42-46(55-49(52)41-36-31-26-25-28-33-38-45(5)8-3)43-54-48(51)40-35-30-24-21-20-22-27-32-37-44(4)7-2/h44-46H,6-43H2,1-5H3/t44?,45?,46-/m0/s1. The second kappa shape index (κ2) is 42.0. The molecule has 0 amide bonds. The van der Waals surface area contributed by atoms with E-state index < -0.39 is 6.10 Å². The molecule has 0 aliphatic rings. The second-order valence-electron chi connectivity index (χ2n) is 17.2. The van der Waals surface area contributed by atoms with E-state index in [1.54, 1.807) is 0 Å². The third-order valence-corrected chi connectivity index (χ3v) is 11.7. The molecule has 0 saturated heterocycles. The molecule has 6 nitrogen and oxygen atoms in total. The van der Waals surface area contributed by atoms with E-state index in [9.17, 15) is 14.4 Å². The summed E-state index contributed by atoms with van der Waals surface area (Å²) in [5.74, 6) is 0.800. The molecule has 0 heterocycles. The minimum absolute atomic E-state index is 0.0653. The van der Waals surface area contributed by atoms with E-state index in [4.69, 9.17) is 14.2 Å². The SMILES string of the molecule is CCCCCCCCCCCCCCCCCC(=O)OC[C@@H](COC(=O)CCCCCCCCCCC(C)CC)OC(=O)CCCCCCCCC(C)CC. The quantitative estimate of drug-likeness (QED) is 0.0348. The zero-order valence-corrected chi connectivity index (χ0v) is 37.6. The number of esters is 3. The first-order valence-corrected chi connectivity index (χ1v) is 24.3. The van der Waals surface area contributed by atoms with Gasteiger partial charge in [0.1, 0.15) is 13.2 Å². The Labute approximate surface area is 342 Å². The summed E-state index contributed by atoms with van der Waals surface area (Å²) < 4.78 is 16.7. The van der Waals surface area contributed by atoms with Crippen molar-refractivity contribution in [1.82, 2.24) is 0 Å². The smallest absolute Gasteiger partial charge is 0.306 e. The Morgan fingerprint density at radius 1 is 0.364 bits per heavy atom. The van der Waals surface area contributed by atoms with Gasteiger partial charge in [-0.25, -0.2) is 0 Å².